The molecule has 2 N–H and O–H groups in total. The van der Waals surface area contributed by atoms with Crippen LogP contribution in [0.5, 0.6) is 0 Å². The van der Waals surface area contributed by atoms with Crippen LogP contribution in [0.15, 0.2) is 30.3 Å². The van der Waals surface area contributed by atoms with E-state index in [1.54, 1.807) is 0 Å². The number of benzene rings is 1. The Morgan fingerprint density at radius 2 is 1.81 bits per heavy atom. The van der Waals surface area contributed by atoms with Crippen LogP contribution in [-0.4, -0.2) is 67.8 Å². The van der Waals surface area contributed by atoms with Crippen molar-refractivity contribution < 1.29 is 5.11 Å². The fourth-order valence-electron chi connectivity index (χ4n) is 4.41. The molecule has 5 heteroatoms. The van der Waals surface area contributed by atoms with Gasteiger partial charge in [-0.15, -0.1) is 12.4 Å². The Morgan fingerprint density at radius 1 is 1.12 bits per heavy atom. The lowest BCUT2D eigenvalue weighted by atomic mass is 9.94. The summed E-state index contributed by atoms with van der Waals surface area (Å²) < 4.78 is 0. The van der Waals surface area contributed by atoms with Crippen molar-refractivity contribution in [3.63, 3.8) is 0 Å². The summed E-state index contributed by atoms with van der Waals surface area (Å²) in [4.78, 5) is 4.98. The molecule has 2 unspecified atom stereocenters. The van der Waals surface area contributed by atoms with Crippen molar-refractivity contribution in [1.29, 1.82) is 0 Å². The van der Waals surface area contributed by atoms with E-state index in [2.05, 4.69) is 22.2 Å². The quantitative estimate of drug-likeness (QED) is 0.761. The third-order valence-corrected chi connectivity index (χ3v) is 5.86. The molecule has 0 radical (unpaired) electrons. The van der Waals surface area contributed by atoms with Crippen LogP contribution in [0.3, 0.4) is 0 Å². The Hall–Kier alpha value is -0.650. The van der Waals surface area contributed by atoms with Gasteiger partial charge in [0.15, 0.2) is 0 Å². The minimum absolute atomic E-state index is 0. The molecule has 1 aromatic rings. The van der Waals surface area contributed by atoms with Crippen molar-refractivity contribution in [1.82, 2.24) is 15.1 Å². The van der Waals surface area contributed by atoms with Gasteiger partial charge in [0, 0.05) is 19.6 Å². The number of halogens is 1. The topological polar surface area (TPSA) is 38.7 Å². The number of aliphatic hydroxyl groups is 1. The van der Waals surface area contributed by atoms with Gasteiger partial charge in [-0.2, -0.15) is 0 Å². The van der Waals surface area contributed by atoms with E-state index in [1.807, 2.05) is 30.3 Å². The first-order chi connectivity index (χ1) is 12.2. The van der Waals surface area contributed by atoms with Crippen molar-refractivity contribution in [3.8, 4) is 0 Å². The highest BCUT2D eigenvalue weighted by molar-refractivity contribution is 5.85. The molecule has 2 aliphatic heterocycles. The average Bonchev–Trinajstić information content (AvgIpc) is 2.65. The molecule has 2 aliphatic rings. The summed E-state index contributed by atoms with van der Waals surface area (Å²) in [6, 6.07) is 10.0. The third-order valence-electron chi connectivity index (χ3n) is 5.86. The number of piperidine rings is 2. The molecule has 2 saturated heterocycles. The van der Waals surface area contributed by atoms with Gasteiger partial charge in [0.25, 0.3) is 0 Å². The predicted molar refractivity (Wildman–Crippen MR) is 111 cm³/mol. The van der Waals surface area contributed by atoms with E-state index in [0.29, 0.717) is 0 Å². The van der Waals surface area contributed by atoms with Gasteiger partial charge in [0.1, 0.15) is 0 Å². The zero-order valence-corrected chi connectivity index (χ0v) is 17.0. The first-order valence-electron chi connectivity index (χ1n) is 10.1. The van der Waals surface area contributed by atoms with Gasteiger partial charge >= 0.3 is 0 Å². The van der Waals surface area contributed by atoms with Gasteiger partial charge < -0.3 is 20.2 Å². The molecule has 0 spiro atoms. The zero-order chi connectivity index (χ0) is 17.5. The summed E-state index contributed by atoms with van der Waals surface area (Å²) in [5, 5.41) is 13.9. The van der Waals surface area contributed by atoms with Crippen LogP contribution in [0, 0.1) is 11.8 Å². The first kappa shape index (κ1) is 21.6. The van der Waals surface area contributed by atoms with Crippen molar-refractivity contribution in [2.75, 3.05) is 52.9 Å². The summed E-state index contributed by atoms with van der Waals surface area (Å²) in [7, 11) is 2.29. The van der Waals surface area contributed by atoms with Crippen LogP contribution in [0.4, 0.5) is 0 Å². The lowest BCUT2D eigenvalue weighted by Crippen LogP contribution is -2.42. The second kappa shape index (κ2) is 11.3. The summed E-state index contributed by atoms with van der Waals surface area (Å²) in [5.41, 5.74) is 1.03. The molecule has 3 rings (SSSR count). The highest BCUT2D eigenvalue weighted by Crippen LogP contribution is 2.22. The highest BCUT2D eigenvalue weighted by atomic mass is 35.5. The third kappa shape index (κ3) is 6.82. The van der Waals surface area contributed by atoms with Crippen LogP contribution >= 0.6 is 12.4 Å². The molecule has 0 bridgehead atoms. The van der Waals surface area contributed by atoms with E-state index in [4.69, 9.17) is 0 Å². The van der Waals surface area contributed by atoms with Crippen LogP contribution in [0.2, 0.25) is 0 Å². The van der Waals surface area contributed by atoms with Crippen molar-refractivity contribution in [2.24, 2.45) is 11.8 Å². The minimum Gasteiger partial charge on any atom is -0.387 e. The maximum Gasteiger partial charge on any atom is 0.0916 e. The summed E-state index contributed by atoms with van der Waals surface area (Å²) >= 11 is 0. The molecule has 0 aliphatic carbocycles. The molecule has 26 heavy (non-hydrogen) atoms. The smallest absolute Gasteiger partial charge is 0.0916 e. The Balaban J connectivity index is 0.00000243. The monoisotopic (exact) mass is 381 g/mol. The molecule has 148 valence electrons. The lowest BCUT2D eigenvalue weighted by Gasteiger charge is -2.36. The maximum absolute atomic E-state index is 10.4. The SMILES string of the molecule is CN(CC1CCN(CC(O)c2ccccc2)CC1)CC1CCCNC1.Cl. The molecule has 2 atom stereocenters. The largest absolute Gasteiger partial charge is 0.387 e. The minimum atomic E-state index is -0.362. The predicted octanol–water partition coefficient (Wildman–Crippen LogP) is 2.79. The van der Waals surface area contributed by atoms with Gasteiger partial charge in [0.2, 0.25) is 0 Å². The number of rotatable bonds is 7. The van der Waals surface area contributed by atoms with Crippen LogP contribution in [-0.2, 0) is 0 Å². The summed E-state index contributed by atoms with van der Waals surface area (Å²) in [6.07, 6.45) is 4.87. The number of aliphatic hydroxyl groups excluding tert-OH is 1. The molecule has 4 nitrogen and oxygen atoms in total. The van der Waals surface area contributed by atoms with E-state index in [0.717, 1.165) is 37.0 Å². The maximum atomic E-state index is 10.4. The van der Waals surface area contributed by atoms with Gasteiger partial charge in [-0.3, -0.25) is 0 Å². The molecular weight excluding hydrogens is 346 g/mol. The van der Waals surface area contributed by atoms with E-state index in [-0.39, 0.29) is 18.5 Å². The van der Waals surface area contributed by atoms with Crippen molar-refractivity contribution in [2.45, 2.75) is 31.8 Å². The molecular formula is C21H36ClN3O. The summed E-state index contributed by atoms with van der Waals surface area (Å²) in [6.45, 7) is 7.86. The zero-order valence-electron chi connectivity index (χ0n) is 16.1. The second-order valence-corrected chi connectivity index (χ2v) is 8.10. The number of likely N-dealkylation sites (tertiary alicyclic amines) is 1. The van der Waals surface area contributed by atoms with Gasteiger partial charge in [0.05, 0.1) is 6.10 Å². The molecule has 0 amide bonds. The Labute approximate surface area is 165 Å². The Morgan fingerprint density at radius 3 is 2.46 bits per heavy atom. The fourth-order valence-corrected chi connectivity index (χ4v) is 4.41. The highest BCUT2D eigenvalue weighted by Gasteiger charge is 2.23. The summed E-state index contributed by atoms with van der Waals surface area (Å²) in [5.74, 6) is 1.64. The number of hydrogen-bond donors (Lipinski definition) is 2. The molecule has 2 fully saturated rings. The fraction of sp³-hybridized carbons (Fsp3) is 0.714. The Bertz CT molecular complexity index is 487. The first-order valence-corrected chi connectivity index (χ1v) is 10.1. The Kier molecular flexibility index (Phi) is 9.37. The van der Waals surface area contributed by atoms with E-state index < -0.39 is 0 Å². The molecule has 0 saturated carbocycles. The standard InChI is InChI=1S/C21H35N3O.ClH/c1-23(16-19-6-5-11-22-14-19)15-18-9-12-24(13-10-18)17-21(25)20-7-3-2-4-8-20;/h2-4,7-8,18-19,21-22,25H,5-6,9-17H2,1H3;1H. The average molecular weight is 382 g/mol. The van der Waals surface area contributed by atoms with Crippen LogP contribution in [0.1, 0.15) is 37.4 Å². The second-order valence-electron chi connectivity index (χ2n) is 8.10. The van der Waals surface area contributed by atoms with Crippen molar-refractivity contribution in [3.05, 3.63) is 35.9 Å². The molecule has 2 heterocycles. The molecule has 1 aromatic carbocycles. The van der Waals surface area contributed by atoms with Crippen LogP contribution < -0.4 is 5.32 Å². The van der Waals surface area contributed by atoms with Gasteiger partial charge in [-0.1, -0.05) is 30.3 Å². The lowest BCUT2D eigenvalue weighted by molar-refractivity contribution is 0.0813. The van der Waals surface area contributed by atoms with E-state index >= 15 is 0 Å². The van der Waals surface area contributed by atoms with Crippen molar-refractivity contribution >= 4 is 12.4 Å². The number of β-amino-alcohol motifs (C(OH)–C–C–N with tert-alkyl or cyclic N) is 1. The normalized spacial score (nSPS) is 23.6. The van der Waals surface area contributed by atoms with E-state index in [9.17, 15) is 5.11 Å². The molecule has 0 aromatic heterocycles. The number of hydrogen-bond acceptors (Lipinski definition) is 4. The van der Waals surface area contributed by atoms with Gasteiger partial charge in [-0.25, -0.2) is 0 Å². The van der Waals surface area contributed by atoms with E-state index in [1.165, 1.54) is 51.9 Å². The van der Waals surface area contributed by atoms with Crippen LogP contribution in [0.25, 0.3) is 0 Å². The number of nitrogens with one attached hydrogen (secondary N) is 1. The number of nitrogens with zero attached hydrogens (tertiary/aromatic N) is 2. The van der Waals surface area contributed by atoms with Gasteiger partial charge in [-0.05, 0) is 76.3 Å².